The lowest BCUT2D eigenvalue weighted by Crippen LogP contribution is -1.97. The largest absolute Gasteiger partial charge is 0.360 e. The van der Waals surface area contributed by atoms with E-state index in [4.69, 9.17) is 0 Å². The number of nitrogens with one attached hydrogen (secondary N) is 1. The van der Waals surface area contributed by atoms with E-state index < -0.39 is 0 Å². The number of aromatic amines is 1. The Morgan fingerprint density at radius 3 is 2.94 bits per heavy atom. The Balaban J connectivity index is 2.18. The van der Waals surface area contributed by atoms with Gasteiger partial charge in [0.25, 0.3) is 0 Å². The highest BCUT2D eigenvalue weighted by Crippen LogP contribution is 2.22. The molecule has 0 saturated carbocycles. The van der Waals surface area contributed by atoms with E-state index in [1.54, 1.807) is 23.7 Å². The second kappa shape index (κ2) is 3.82. The second-order valence-corrected chi connectivity index (χ2v) is 4.51. The third-order valence-electron chi connectivity index (χ3n) is 2.67. The Morgan fingerprint density at radius 2 is 2.18 bits per heavy atom. The van der Waals surface area contributed by atoms with Crippen LogP contribution in [0.15, 0.2) is 41.2 Å². The van der Waals surface area contributed by atoms with Gasteiger partial charge in [0.15, 0.2) is 5.78 Å². The van der Waals surface area contributed by atoms with E-state index in [1.807, 2.05) is 5.38 Å². The van der Waals surface area contributed by atoms with Gasteiger partial charge in [-0.05, 0) is 29.6 Å². The van der Waals surface area contributed by atoms with Crippen LogP contribution in [0.3, 0.4) is 0 Å². The van der Waals surface area contributed by atoms with E-state index in [0.717, 1.165) is 5.52 Å². The first-order valence-corrected chi connectivity index (χ1v) is 6.03. The van der Waals surface area contributed by atoms with Crippen molar-refractivity contribution < 1.29 is 9.18 Å². The van der Waals surface area contributed by atoms with Gasteiger partial charge in [-0.2, -0.15) is 11.3 Å². The first-order chi connectivity index (χ1) is 8.25. The molecule has 1 N–H and O–H groups in total. The highest BCUT2D eigenvalue weighted by atomic mass is 32.1. The maximum Gasteiger partial charge on any atom is 0.196 e. The van der Waals surface area contributed by atoms with Crippen LogP contribution in [0.25, 0.3) is 10.9 Å². The van der Waals surface area contributed by atoms with Crippen molar-refractivity contribution in [1.82, 2.24) is 4.98 Å². The fourth-order valence-corrected chi connectivity index (χ4v) is 2.47. The van der Waals surface area contributed by atoms with E-state index in [0.29, 0.717) is 16.5 Å². The van der Waals surface area contributed by atoms with Gasteiger partial charge in [0.1, 0.15) is 5.82 Å². The van der Waals surface area contributed by atoms with Gasteiger partial charge in [0.05, 0.1) is 0 Å². The first-order valence-electron chi connectivity index (χ1n) is 5.09. The lowest BCUT2D eigenvalue weighted by molar-refractivity contribution is 0.104. The van der Waals surface area contributed by atoms with Gasteiger partial charge in [0.2, 0.25) is 0 Å². The lowest BCUT2D eigenvalue weighted by atomic mass is 10.1. The van der Waals surface area contributed by atoms with Crippen molar-refractivity contribution in [1.29, 1.82) is 0 Å². The van der Waals surface area contributed by atoms with Crippen LogP contribution >= 0.6 is 11.3 Å². The monoisotopic (exact) mass is 245 g/mol. The van der Waals surface area contributed by atoms with Crippen LogP contribution in [-0.2, 0) is 0 Å². The fraction of sp³-hybridized carbons (Fsp3) is 0. The molecule has 0 amide bonds. The molecule has 0 unspecified atom stereocenters. The molecule has 0 fully saturated rings. The molecule has 2 nitrogen and oxygen atoms in total. The number of hydrogen-bond acceptors (Lipinski definition) is 2. The maximum absolute atomic E-state index is 13.2. The van der Waals surface area contributed by atoms with Gasteiger partial charge in [-0.3, -0.25) is 4.79 Å². The van der Waals surface area contributed by atoms with Crippen molar-refractivity contribution in [3.8, 4) is 0 Å². The number of thiophene rings is 1. The molecular formula is C13H8FNOS. The summed E-state index contributed by atoms with van der Waals surface area (Å²) in [4.78, 5) is 15.1. The third kappa shape index (κ3) is 1.66. The smallest absolute Gasteiger partial charge is 0.196 e. The van der Waals surface area contributed by atoms with Gasteiger partial charge >= 0.3 is 0 Å². The van der Waals surface area contributed by atoms with Gasteiger partial charge in [-0.25, -0.2) is 4.39 Å². The number of ketones is 1. The number of carbonyl (C=O) groups is 1. The Morgan fingerprint density at radius 1 is 1.29 bits per heavy atom. The molecule has 4 heteroatoms. The minimum atomic E-state index is -0.337. The highest BCUT2D eigenvalue weighted by molar-refractivity contribution is 7.08. The Labute approximate surface area is 101 Å². The van der Waals surface area contributed by atoms with Crippen LogP contribution in [0.1, 0.15) is 15.9 Å². The summed E-state index contributed by atoms with van der Waals surface area (Å²) >= 11 is 1.47. The van der Waals surface area contributed by atoms with Crippen LogP contribution < -0.4 is 0 Å². The number of halogens is 1. The summed E-state index contributed by atoms with van der Waals surface area (Å²) in [6.45, 7) is 0. The molecule has 0 atom stereocenters. The van der Waals surface area contributed by atoms with Crippen LogP contribution in [0.2, 0.25) is 0 Å². The molecule has 1 aromatic carbocycles. The van der Waals surface area contributed by atoms with Crippen LogP contribution in [-0.4, -0.2) is 10.8 Å². The number of hydrogen-bond donors (Lipinski definition) is 1. The van der Waals surface area contributed by atoms with Crippen molar-refractivity contribution in [2.45, 2.75) is 0 Å². The molecule has 0 bridgehead atoms. The standard InChI is InChI=1S/C13H8FNOS/c14-9-1-2-12-10(5-9)11(6-15-12)13(16)8-3-4-17-7-8/h1-7,15H. The summed E-state index contributed by atoms with van der Waals surface area (Å²) in [5, 5.41) is 4.27. The molecule has 2 aromatic heterocycles. The molecule has 84 valence electrons. The minimum Gasteiger partial charge on any atom is -0.360 e. The summed E-state index contributed by atoms with van der Waals surface area (Å²) in [5.74, 6) is -0.417. The van der Waals surface area contributed by atoms with Gasteiger partial charge in [-0.15, -0.1) is 0 Å². The third-order valence-corrected chi connectivity index (χ3v) is 3.36. The van der Waals surface area contributed by atoms with Gasteiger partial charge in [0, 0.05) is 33.6 Å². The quantitative estimate of drug-likeness (QED) is 0.687. The summed E-state index contributed by atoms with van der Waals surface area (Å²) < 4.78 is 13.2. The molecule has 3 aromatic rings. The van der Waals surface area contributed by atoms with E-state index in [2.05, 4.69) is 4.98 Å². The Kier molecular flexibility index (Phi) is 2.30. The summed E-state index contributed by atoms with van der Waals surface area (Å²) in [6, 6.07) is 6.16. The zero-order chi connectivity index (χ0) is 11.8. The average Bonchev–Trinajstić information content (AvgIpc) is 2.97. The maximum atomic E-state index is 13.2. The molecular weight excluding hydrogens is 237 g/mol. The second-order valence-electron chi connectivity index (χ2n) is 3.73. The number of aromatic nitrogens is 1. The van der Waals surface area contributed by atoms with E-state index in [9.17, 15) is 9.18 Å². The normalized spacial score (nSPS) is 10.9. The average molecular weight is 245 g/mol. The highest BCUT2D eigenvalue weighted by Gasteiger charge is 2.14. The van der Waals surface area contributed by atoms with Gasteiger partial charge in [-0.1, -0.05) is 0 Å². The number of benzene rings is 1. The molecule has 2 heterocycles. The SMILES string of the molecule is O=C(c1ccsc1)c1c[nH]c2ccc(F)cc12. The number of carbonyl (C=O) groups excluding carboxylic acids is 1. The molecule has 0 aliphatic carbocycles. The predicted molar refractivity (Wildman–Crippen MR) is 66.0 cm³/mol. The first kappa shape index (κ1) is 10.2. The number of fused-ring (bicyclic) bond motifs is 1. The lowest BCUT2D eigenvalue weighted by Gasteiger charge is -1.96. The molecule has 0 aliphatic heterocycles. The van der Waals surface area contributed by atoms with E-state index in [1.165, 1.54) is 23.5 Å². The summed E-state index contributed by atoms with van der Waals surface area (Å²) in [6.07, 6.45) is 1.63. The molecule has 3 rings (SSSR count). The molecule has 0 saturated heterocycles. The van der Waals surface area contributed by atoms with Crippen molar-refractivity contribution in [3.05, 3.63) is 58.2 Å². The van der Waals surface area contributed by atoms with Crippen molar-refractivity contribution >= 4 is 28.0 Å². The minimum absolute atomic E-state index is 0.0805. The Hall–Kier alpha value is -1.94. The van der Waals surface area contributed by atoms with Crippen LogP contribution in [0.4, 0.5) is 4.39 Å². The van der Waals surface area contributed by atoms with E-state index in [-0.39, 0.29) is 11.6 Å². The fourth-order valence-electron chi connectivity index (χ4n) is 1.83. The predicted octanol–water partition coefficient (Wildman–Crippen LogP) is 3.60. The summed E-state index contributed by atoms with van der Waals surface area (Å²) in [5.41, 5.74) is 1.92. The van der Waals surface area contributed by atoms with E-state index >= 15 is 0 Å². The number of H-pyrrole nitrogens is 1. The zero-order valence-corrected chi connectivity index (χ0v) is 9.55. The molecule has 17 heavy (non-hydrogen) atoms. The summed E-state index contributed by atoms with van der Waals surface area (Å²) in [7, 11) is 0. The van der Waals surface area contributed by atoms with Crippen LogP contribution in [0.5, 0.6) is 0 Å². The molecule has 0 spiro atoms. The number of rotatable bonds is 2. The van der Waals surface area contributed by atoms with Crippen molar-refractivity contribution in [2.75, 3.05) is 0 Å². The van der Waals surface area contributed by atoms with Crippen molar-refractivity contribution in [3.63, 3.8) is 0 Å². The van der Waals surface area contributed by atoms with Crippen LogP contribution in [0, 0.1) is 5.82 Å². The van der Waals surface area contributed by atoms with Gasteiger partial charge < -0.3 is 4.98 Å². The molecule has 0 radical (unpaired) electrons. The zero-order valence-electron chi connectivity index (χ0n) is 8.74. The topological polar surface area (TPSA) is 32.9 Å². The molecule has 0 aliphatic rings. The Bertz CT molecular complexity index is 685. The van der Waals surface area contributed by atoms with Crippen molar-refractivity contribution in [2.24, 2.45) is 0 Å².